The van der Waals surface area contributed by atoms with Gasteiger partial charge in [-0.2, -0.15) is 0 Å². The molecule has 0 atom stereocenters. The van der Waals surface area contributed by atoms with Crippen molar-refractivity contribution in [1.29, 1.82) is 0 Å². The summed E-state index contributed by atoms with van der Waals surface area (Å²) in [6.07, 6.45) is 1.60. The summed E-state index contributed by atoms with van der Waals surface area (Å²) in [6, 6.07) is 6.11. The lowest BCUT2D eigenvalue weighted by atomic mass is 10.2. The number of hydrogen-bond donors (Lipinski definition) is 0. The summed E-state index contributed by atoms with van der Waals surface area (Å²) in [7, 11) is 0. The molecule has 0 radical (unpaired) electrons. The van der Waals surface area contributed by atoms with Gasteiger partial charge in [-0.3, -0.25) is 0 Å². The Morgan fingerprint density at radius 3 is 2.67 bits per heavy atom. The third-order valence-corrected chi connectivity index (χ3v) is 3.30. The molecule has 0 saturated carbocycles. The van der Waals surface area contributed by atoms with E-state index in [0.29, 0.717) is 0 Å². The van der Waals surface area contributed by atoms with Gasteiger partial charge in [0.1, 0.15) is 10.0 Å². The van der Waals surface area contributed by atoms with Crippen LogP contribution >= 0.6 is 45.2 Å². The lowest BCUT2D eigenvalue weighted by molar-refractivity contribution is 1.19. The molecule has 0 saturated heterocycles. The summed E-state index contributed by atoms with van der Waals surface area (Å²) in [5.74, 6) is 0. The summed E-state index contributed by atoms with van der Waals surface area (Å²) in [5.41, 5.74) is 1.04. The van der Waals surface area contributed by atoms with Crippen molar-refractivity contribution in [3.8, 4) is 0 Å². The first-order valence-corrected chi connectivity index (χ1v) is 5.49. The molecule has 0 amide bonds. The topological polar surface area (TPSA) is 25.8 Å². The van der Waals surface area contributed by atoms with Gasteiger partial charge in [0.25, 0.3) is 0 Å². The van der Waals surface area contributed by atoms with E-state index in [1.54, 1.807) is 6.33 Å². The third-order valence-electron chi connectivity index (χ3n) is 1.57. The van der Waals surface area contributed by atoms with E-state index in [1.165, 1.54) is 3.57 Å². The normalized spacial score (nSPS) is 10.5. The number of fused-ring (bicyclic) bond motifs is 1. The molecule has 0 unspecified atom stereocenters. The van der Waals surface area contributed by atoms with Crippen molar-refractivity contribution < 1.29 is 0 Å². The average Bonchev–Trinajstić information content (AvgIpc) is 2.07. The van der Waals surface area contributed by atoms with Crippen LogP contribution in [-0.4, -0.2) is 9.97 Å². The molecule has 1 aromatic carbocycles. The van der Waals surface area contributed by atoms with Crippen molar-refractivity contribution in [1.82, 2.24) is 9.97 Å². The predicted molar refractivity (Wildman–Crippen MR) is 65.0 cm³/mol. The Morgan fingerprint density at radius 2 is 1.92 bits per heavy atom. The van der Waals surface area contributed by atoms with Crippen LogP contribution in [0.15, 0.2) is 24.5 Å². The summed E-state index contributed by atoms with van der Waals surface area (Å²) in [5, 5.41) is 1.13. The molecule has 60 valence electrons. The third kappa shape index (κ3) is 1.41. The van der Waals surface area contributed by atoms with Gasteiger partial charge in [-0.1, -0.05) is 12.1 Å². The number of rotatable bonds is 0. The molecule has 4 heteroatoms. The van der Waals surface area contributed by atoms with E-state index < -0.39 is 0 Å². The van der Waals surface area contributed by atoms with Crippen LogP contribution in [0, 0.1) is 7.27 Å². The van der Waals surface area contributed by atoms with Gasteiger partial charge in [-0.25, -0.2) is 9.97 Å². The predicted octanol–water partition coefficient (Wildman–Crippen LogP) is 2.84. The Kier molecular flexibility index (Phi) is 2.44. The Morgan fingerprint density at radius 1 is 1.08 bits per heavy atom. The maximum atomic E-state index is 4.22. The molecule has 2 nitrogen and oxygen atoms in total. The highest BCUT2D eigenvalue weighted by Crippen LogP contribution is 2.20. The molecule has 2 rings (SSSR count). The fourth-order valence-electron chi connectivity index (χ4n) is 1.02. The van der Waals surface area contributed by atoms with E-state index in [9.17, 15) is 0 Å². The monoisotopic (exact) mass is 382 g/mol. The van der Waals surface area contributed by atoms with Gasteiger partial charge in [0.15, 0.2) is 0 Å². The smallest absolute Gasteiger partial charge is 0.117 e. The van der Waals surface area contributed by atoms with Crippen LogP contribution < -0.4 is 0 Å². The molecule has 0 aliphatic heterocycles. The second-order valence-electron chi connectivity index (χ2n) is 2.30. The van der Waals surface area contributed by atoms with Crippen molar-refractivity contribution >= 4 is 56.1 Å². The average molecular weight is 382 g/mol. The van der Waals surface area contributed by atoms with Crippen LogP contribution in [0.1, 0.15) is 0 Å². The minimum absolute atomic E-state index is 1.01. The highest BCUT2D eigenvalue weighted by atomic mass is 127. The van der Waals surface area contributed by atoms with Crippen LogP contribution in [0.5, 0.6) is 0 Å². The lowest BCUT2D eigenvalue weighted by Crippen LogP contribution is -1.88. The maximum absolute atomic E-state index is 4.22. The van der Waals surface area contributed by atoms with Crippen molar-refractivity contribution in [2.75, 3.05) is 0 Å². The summed E-state index contributed by atoms with van der Waals surface area (Å²) in [6.45, 7) is 0. The largest absolute Gasteiger partial charge is 0.235 e. The fraction of sp³-hybridized carbons (Fsp3) is 0. The van der Waals surface area contributed by atoms with Gasteiger partial charge in [0, 0.05) is 8.96 Å². The van der Waals surface area contributed by atoms with E-state index in [4.69, 9.17) is 0 Å². The zero-order valence-corrected chi connectivity index (χ0v) is 10.3. The van der Waals surface area contributed by atoms with Gasteiger partial charge in [0.05, 0.1) is 5.52 Å². The maximum Gasteiger partial charge on any atom is 0.117 e. The first-order valence-electron chi connectivity index (χ1n) is 3.34. The molecule has 2 aromatic rings. The van der Waals surface area contributed by atoms with Crippen LogP contribution in [0.25, 0.3) is 10.9 Å². The molecule has 0 N–H and O–H groups in total. The number of aromatic nitrogens is 2. The van der Waals surface area contributed by atoms with Crippen LogP contribution in [0.3, 0.4) is 0 Å². The highest BCUT2D eigenvalue weighted by molar-refractivity contribution is 14.1. The molecular formula is C8H4I2N2. The van der Waals surface area contributed by atoms with Crippen molar-refractivity contribution in [2.45, 2.75) is 0 Å². The standard InChI is InChI=1S/C8H4I2N2/c9-6-3-1-2-5-7(6)11-4-12-8(5)10/h1-4H. The SMILES string of the molecule is Ic1ncnc2c(I)cccc12. The van der Waals surface area contributed by atoms with E-state index in [1.807, 2.05) is 18.2 Å². The highest BCUT2D eigenvalue weighted by Gasteiger charge is 2.01. The molecule has 0 fully saturated rings. The number of nitrogens with zero attached hydrogens (tertiary/aromatic N) is 2. The molecular weight excluding hydrogens is 378 g/mol. The molecule has 0 aliphatic carbocycles. The molecule has 1 aromatic heterocycles. The fourth-order valence-corrected chi connectivity index (χ4v) is 2.22. The summed E-state index contributed by atoms with van der Waals surface area (Å²) >= 11 is 4.50. The van der Waals surface area contributed by atoms with Crippen molar-refractivity contribution in [3.05, 3.63) is 31.8 Å². The van der Waals surface area contributed by atoms with Crippen LogP contribution in [-0.2, 0) is 0 Å². The first-order chi connectivity index (χ1) is 5.79. The molecule has 0 aliphatic rings. The minimum atomic E-state index is 1.01. The molecule has 0 bridgehead atoms. The van der Waals surface area contributed by atoms with E-state index >= 15 is 0 Å². The quantitative estimate of drug-likeness (QED) is 0.518. The van der Waals surface area contributed by atoms with Crippen LogP contribution in [0.4, 0.5) is 0 Å². The van der Waals surface area contributed by atoms with Crippen LogP contribution in [0.2, 0.25) is 0 Å². The Bertz CT molecular complexity index is 387. The van der Waals surface area contributed by atoms with E-state index in [-0.39, 0.29) is 0 Å². The van der Waals surface area contributed by atoms with Gasteiger partial charge >= 0.3 is 0 Å². The molecule has 12 heavy (non-hydrogen) atoms. The number of benzene rings is 1. The first kappa shape index (κ1) is 8.61. The summed E-state index contributed by atoms with van der Waals surface area (Å²) < 4.78 is 2.18. The number of hydrogen-bond acceptors (Lipinski definition) is 2. The second-order valence-corrected chi connectivity index (χ2v) is 4.48. The Balaban J connectivity index is 2.94. The van der Waals surface area contributed by atoms with E-state index in [0.717, 1.165) is 14.6 Å². The Labute approximate surface area is 97.1 Å². The zero-order valence-electron chi connectivity index (χ0n) is 5.96. The van der Waals surface area contributed by atoms with E-state index in [2.05, 4.69) is 55.1 Å². The van der Waals surface area contributed by atoms with Gasteiger partial charge in [-0.05, 0) is 51.2 Å². The van der Waals surface area contributed by atoms with Crippen molar-refractivity contribution in [2.24, 2.45) is 0 Å². The zero-order chi connectivity index (χ0) is 8.55. The van der Waals surface area contributed by atoms with Gasteiger partial charge in [-0.15, -0.1) is 0 Å². The Hall–Kier alpha value is 0.0200. The van der Waals surface area contributed by atoms with Gasteiger partial charge < -0.3 is 0 Å². The van der Waals surface area contributed by atoms with Gasteiger partial charge in [0.2, 0.25) is 0 Å². The van der Waals surface area contributed by atoms with Crippen molar-refractivity contribution in [3.63, 3.8) is 0 Å². The molecule has 0 spiro atoms. The number of para-hydroxylation sites is 1. The lowest BCUT2D eigenvalue weighted by Gasteiger charge is -1.99. The number of halogens is 2. The minimum Gasteiger partial charge on any atom is -0.235 e. The summed E-state index contributed by atoms with van der Waals surface area (Å²) in [4.78, 5) is 8.34. The molecule has 1 heterocycles. The second kappa shape index (κ2) is 3.41.